The van der Waals surface area contributed by atoms with Gasteiger partial charge >= 0.3 is 0 Å². The summed E-state index contributed by atoms with van der Waals surface area (Å²) in [7, 11) is 0. The topological polar surface area (TPSA) is 95.4 Å². The number of hydrogen-bond donors (Lipinski definition) is 2. The van der Waals surface area contributed by atoms with Crippen LogP contribution >= 0.6 is 11.6 Å². The molecule has 0 saturated carbocycles. The molecule has 2 N–H and O–H groups in total. The molecule has 0 spiro atoms. The van der Waals surface area contributed by atoms with E-state index in [4.69, 9.17) is 21.7 Å². The minimum Gasteiger partial charge on any atom is -0.396 e. The zero-order chi connectivity index (χ0) is 31.9. The average Bonchev–Trinajstić information content (AvgIpc) is 3.03. The molecule has 2 aromatic carbocycles. The number of anilines is 1. The van der Waals surface area contributed by atoms with Gasteiger partial charge in [-0.1, -0.05) is 54.9 Å². The highest BCUT2D eigenvalue weighted by Crippen LogP contribution is 2.36. The summed E-state index contributed by atoms with van der Waals surface area (Å²) in [5, 5.41) is 12.5. The van der Waals surface area contributed by atoms with Crippen molar-refractivity contribution in [3.8, 4) is 11.1 Å². The standard InChI is InChI=1S/C37H41ClN4O3/c1-4-17-42-18-16-28-24(2)20-33(40-34(28)23-42)35(44)21-27-10-7-12-30(36(27)38)29-11-8-13-31(25(29)3)41-37(45)32-15-14-26(22-39-32)9-5-6-19-43/h7-8,10-15,20,22,43H,4-6,9,16-19,21,23H2,1-3H3,(H,41,45). The number of aliphatic hydroxyl groups excluding tert-OH is 1. The van der Waals surface area contributed by atoms with Crippen LogP contribution in [0.2, 0.25) is 5.02 Å². The number of benzene rings is 2. The van der Waals surface area contributed by atoms with Gasteiger partial charge in [-0.3, -0.25) is 19.5 Å². The van der Waals surface area contributed by atoms with Crippen LogP contribution in [0, 0.1) is 13.8 Å². The Morgan fingerprint density at radius 2 is 1.82 bits per heavy atom. The fraction of sp³-hybridized carbons (Fsp3) is 0.351. The van der Waals surface area contributed by atoms with E-state index in [0.717, 1.165) is 90.8 Å². The Morgan fingerprint density at radius 3 is 2.58 bits per heavy atom. The number of ketones is 1. The van der Waals surface area contributed by atoms with Crippen molar-refractivity contribution in [1.82, 2.24) is 14.9 Å². The Kier molecular flexibility index (Phi) is 10.8. The Hall–Kier alpha value is -3.91. The predicted octanol–water partition coefficient (Wildman–Crippen LogP) is 7.17. The smallest absolute Gasteiger partial charge is 0.274 e. The fourth-order valence-electron chi connectivity index (χ4n) is 6.03. The number of nitrogens with one attached hydrogen (secondary N) is 1. The number of carbonyl (C=O) groups is 2. The molecule has 0 radical (unpaired) electrons. The van der Waals surface area contributed by atoms with E-state index >= 15 is 0 Å². The molecule has 0 aliphatic carbocycles. The molecule has 0 bridgehead atoms. The van der Waals surface area contributed by atoms with Gasteiger partial charge in [0.2, 0.25) is 0 Å². The SMILES string of the molecule is CCCN1CCc2c(C)cc(C(=O)Cc3cccc(-c4cccc(NC(=O)c5ccc(CCCCO)cn5)c4C)c3Cl)nc2C1. The van der Waals surface area contributed by atoms with E-state index in [9.17, 15) is 9.59 Å². The minimum absolute atomic E-state index is 0.0581. The van der Waals surface area contributed by atoms with Crippen LogP contribution in [0.25, 0.3) is 11.1 Å². The lowest BCUT2D eigenvalue weighted by Gasteiger charge is -2.29. The van der Waals surface area contributed by atoms with Crippen molar-refractivity contribution in [1.29, 1.82) is 0 Å². The molecule has 0 saturated heterocycles. The Bertz CT molecular complexity index is 1690. The van der Waals surface area contributed by atoms with Gasteiger partial charge in [-0.25, -0.2) is 4.98 Å². The molecule has 8 heteroatoms. The van der Waals surface area contributed by atoms with E-state index in [0.29, 0.717) is 22.1 Å². The highest BCUT2D eigenvalue weighted by molar-refractivity contribution is 6.34. The van der Waals surface area contributed by atoms with E-state index in [2.05, 4.69) is 29.0 Å². The molecule has 0 fully saturated rings. The van der Waals surface area contributed by atoms with Crippen molar-refractivity contribution in [2.24, 2.45) is 0 Å². The number of hydrogen-bond acceptors (Lipinski definition) is 6. The van der Waals surface area contributed by atoms with E-state index in [1.807, 2.05) is 55.5 Å². The van der Waals surface area contributed by atoms with Crippen LogP contribution in [0.5, 0.6) is 0 Å². The average molecular weight is 625 g/mol. The molecule has 1 aliphatic heterocycles. The van der Waals surface area contributed by atoms with E-state index < -0.39 is 0 Å². The van der Waals surface area contributed by atoms with Crippen LogP contribution in [-0.2, 0) is 25.8 Å². The number of amides is 1. The number of aliphatic hydroxyl groups is 1. The molecule has 5 rings (SSSR count). The number of unbranched alkanes of at least 4 members (excludes halogenated alkanes) is 1. The van der Waals surface area contributed by atoms with Crippen LogP contribution in [-0.4, -0.2) is 51.4 Å². The van der Waals surface area contributed by atoms with Gasteiger partial charge in [-0.2, -0.15) is 0 Å². The molecule has 2 aromatic heterocycles. The summed E-state index contributed by atoms with van der Waals surface area (Å²) in [5.41, 5.74) is 9.17. The number of halogens is 1. The van der Waals surface area contributed by atoms with Crippen molar-refractivity contribution in [2.75, 3.05) is 25.0 Å². The van der Waals surface area contributed by atoms with Gasteiger partial charge in [0.05, 0.1) is 10.7 Å². The van der Waals surface area contributed by atoms with E-state index in [1.54, 1.807) is 12.3 Å². The Balaban J connectivity index is 1.33. The number of nitrogens with zero attached hydrogens (tertiary/aromatic N) is 3. The van der Waals surface area contributed by atoms with Gasteiger partial charge in [0.1, 0.15) is 11.4 Å². The molecule has 3 heterocycles. The van der Waals surface area contributed by atoms with Gasteiger partial charge in [0, 0.05) is 43.6 Å². The van der Waals surface area contributed by atoms with Gasteiger partial charge < -0.3 is 10.4 Å². The third-order valence-corrected chi connectivity index (χ3v) is 8.99. The summed E-state index contributed by atoms with van der Waals surface area (Å²) in [5.74, 6) is -0.356. The number of pyridine rings is 2. The number of aromatic nitrogens is 2. The zero-order valence-electron chi connectivity index (χ0n) is 26.3. The largest absolute Gasteiger partial charge is 0.396 e. The lowest BCUT2D eigenvalue weighted by molar-refractivity contribution is 0.0985. The number of fused-ring (bicyclic) bond motifs is 1. The van der Waals surface area contributed by atoms with Crippen LogP contribution in [0.15, 0.2) is 60.8 Å². The highest BCUT2D eigenvalue weighted by Gasteiger charge is 2.22. The lowest BCUT2D eigenvalue weighted by Crippen LogP contribution is -2.32. The summed E-state index contributed by atoms with van der Waals surface area (Å²) in [4.78, 5) is 38.1. The quantitative estimate of drug-likeness (QED) is 0.128. The normalized spacial score (nSPS) is 13.0. The molecule has 4 aromatic rings. The first-order valence-electron chi connectivity index (χ1n) is 15.8. The second-order valence-corrected chi connectivity index (χ2v) is 12.2. The first-order chi connectivity index (χ1) is 21.8. The van der Waals surface area contributed by atoms with Crippen LogP contribution in [0.1, 0.15) is 80.7 Å². The summed E-state index contributed by atoms with van der Waals surface area (Å²) in [6, 6.07) is 17.0. The third kappa shape index (κ3) is 7.67. The number of Topliss-reactive ketones (excluding diaryl/α,β-unsaturated/α-hetero) is 1. The van der Waals surface area contributed by atoms with Gasteiger partial charge in [0.25, 0.3) is 5.91 Å². The molecule has 0 unspecified atom stereocenters. The number of carbonyl (C=O) groups excluding carboxylic acids is 2. The Labute approximate surface area is 270 Å². The minimum atomic E-state index is -0.298. The fourth-order valence-corrected chi connectivity index (χ4v) is 6.33. The van der Waals surface area contributed by atoms with Gasteiger partial charge in [-0.05, 0) is 104 Å². The molecule has 45 heavy (non-hydrogen) atoms. The first-order valence-corrected chi connectivity index (χ1v) is 16.2. The van der Waals surface area contributed by atoms with Crippen molar-refractivity contribution < 1.29 is 14.7 Å². The first kappa shape index (κ1) is 32.5. The van der Waals surface area contributed by atoms with Gasteiger partial charge in [0.15, 0.2) is 5.78 Å². The second-order valence-electron chi connectivity index (χ2n) is 11.8. The lowest BCUT2D eigenvalue weighted by atomic mass is 9.94. The molecular weight excluding hydrogens is 584 g/mol. The summed E-state index contributed by atoms with van der Waals surface area (Å²) in [6.45, 7) is 9.20. The molecule has 1 aliphatic rings. The third-order valence-electron chi connectivity index (χ3n) is 8.54. The number of aryl methyl sites for hydroxylation is 2. The summed E-state index contributed by atoms with van der Waals surface area (Å²) >= 11 is 6.97. The molecule has 7 nitrogen and oxygen atoms in total. The van der Waals surface area contributed by atoms with E-state index in [-0.39, 0.29) is 24.7 Å². The maximum Gasteiger partial charge on any atom is 0.274 e. The summed E-state index contributed by atoms with van der Waals surface area (Å²) in [6.07, 6.45) is 6.33. The number of rotatable bonds is 12. The van der Waals surface area contributed by atoms with Crippen LogP contribution < -0.4 is 5.32 Å². The molecule has 1 amide bonds. The van der Waals surface area contributed by atoms with Crippen LogP contribution in [0.4, 0.5) is 5.69 Å². The highest BCUT2D eigenvalue weighted by atomic mass is 35.5. The Morgan fingerprint density at radius 1 is 1.02 bits per heavy atom. The van der Waals surface area contributed by atoms with Crippen molar-refractivity contribution >= 4 is 29.0 Å². The van der Waals surface area contributed by atoms with Gasteiger partial charge in [-0.15, -0.1) is 0 Å². The van der Waals surface area contributed by atoms with Crippen molar-refractivity contribution in [3.63, 3.8) is 0 Å². The van der Waals surface area contributed by atoms with E-state index in [1.165, 1.54) is 5.56 Å². The maximum absolute atomic E-state index is 13.5. The second kappa shape index (κ2) is 14.9. The monoisotopic (exact) mass is 624 g/mol. The van der Waals surface area contributed by atoms with Crippen molar-refractivity contribution in [2.45, 2.75) is 65.8 Å². The van der Waals surface area contributed by atoms with Crippen molar-refractivity contribution in [3.05, 3.63) is 111 Å². The maximum atomic E-state index is 13.5. The predicted molar refractivity (Wildman–Crippen MR) is 180 cm³/mol. The molecule has 234 valence electrons. The van der Waals surface area contributed by atoms with Crippen LogP contribution in [0.3, 0.4) is 0 Å². The molecule has 0 atom stereocenters. The summed E-state index contributed by atoms with van der Waals surface area (Å²) < 4.78 is 0. The molecular formula is C37H41ClN4O3. The zero-order valence-corrected chi connectivity index (χ0v) is 27.1.